The lowest BCUT2D eigenvalue weighted by molar-refractivity contribution is -0.115. The number of nitrogens with one attached hydrogen (secondary N) is 3. The van der Waals surface area contributed by atoms with Crippen LogP contribution in [-0.2, 0) is 21.4 Å². The lowest BCUT2D eigenvalue weighted by Crippen LogP contribution is -2.43. The lowest BCUT2D eigenvalue weighted by Gasteiger charge is -2.34. The van der Waals surface area contributed by atoms with E-state index in [9.17, 15) is 23.4 Å². The quantitative estimate of drug-likeness (QED) is 0.146. The summed E-state index contributed by atoms with van der Waals surface area (Å²) in [5.74, 6) is -0.305. The van der Waals surface area contributed by atoms with Crippen molar-refractivity contribution in [1.82, 2.24) is 15.5 Å². The molecule has 0 aromatic heterocycles. The Morgan fingerprint density at radius 2 is 1.71 bits per heavy atom. The normalized spacial score (nSPS) is 20.5. The van der Waals surface area contributed by atoms with E-state index in [4.69, 9.17) is 4.99 Å². The monoisotopic (exact) mass is 704 g/mol. The smallest absolute Gasteiger partial charge is 0.264 e. The number of nitrogens with zero attached hydrogens (tertiary/aromatic N) is 3. The van der Waals surface area contributed by atoms with E-state index in [-0.39, 0.29) is 29.4 Å². The summed E-state index contributed by atoms with van der Waals surface area (Å²) in [6.45, 7) is 4.99. The molecule has 3 aliphatic heterocycles. The zero-order valence-electron chi connectivity index (χ0n) is 27.6. The predicted molar refractivity (Wildman–Crippen MR) is 197 cm³/mol. The fraction of sp³-hybridized carbons (Fsp3) is 0.389. The van der Waals surface area contributed by atoms with Crippen molar-refractivity contribution in [1.29, 1.82) is 0 Å². The van der Waals surface area contributed by atoms with Crippen LogP contribution in [0.5, 0.6) is 5.75 Å². The second-order valence-electron chi connectivity index (χ2n) is 12.9. The molecule has 260 valence electrons. The van der Waals surface area contributed by atoms with Gasteiger partial charge in [-0.15, -0.1) is 0 Å². The Bertz CT molecular complexity index is 1770. The minimum absolute atomic E-state index is 0.0415. The van der Waals surface area contributed by atoms with Gasteiger partial charge in [-0.25, -0.2) is 8.42 Å². The van der Waals surface area contributed by atoms with Gasteiger partial charge in [0.2, 0.25) is 10.0 Å². The van der Waals surface area contributed by atoms with Crippen LogP contribution in [0.15, 0.2) is 82.7 Å². The molecule has 0 bridgehead atoms. The molecule has 13 heteroatoms. The van der Waals surface area contributed by atoms with Crippen molar-refractivity contribution >= 4 is 50.3 Å². The fourth-order valence-electron chi connectivity index (χ4n) is 6.42. The number of phenolic OH excluding ortho intramolecular Hbond substituents is 1. The van der Waals surface area contributed by atoms with Crippen molar-refractivity contribution in [2.75, 3.05) is 48.6 Å². The molecular formula is C36H44N6O5S2. The van der Waals surface area contributed by atoms with Crippen molar-refractivity contribution < 1.29 is 23.4 Å². The Labute approximate surface area is 292 Å². The number of hydrogen-bond acceptors (Lipinski definition) is 10. The van der Waals surface area contributed by atoms with Gasteiger partial charge in [0.05, 0.1) is 29.0 Å². The first-order chi connectivity index (χ1) is 23.6. The predicted octanol–water partition coefficient (Wildman–Crippen LogP) is 4.28. The summed E-state index contributed by atoms with van der Waals surface area (Å²) in [6.07, 6.45) is 5.84. The summed E-state index contributed by atoms with van der Waals surface area (Å²) in [6, 6.07) is 23.7. The van der Waals surface area contributed by atoms with Crippen molar-refractivity contribution in [3.63, 3.8) is 0 Å². The van der Waals surface area contributed by atoms with E-state index in [0.717, 1.165) is 75.9 Å². The SMILES string of the molecule is CS(=O)(=O)Nc1cc([C@@H](O)CNC2CCN(c3ccc(/C=C4\SC(=NC5CCN(Cc6ccccc6)CC5)NC4=O)cc3)CC2)ccc1O. The summed E-state index contributed by atoms with van der Waals surface area (Å²) in [5.41, 5.74) is 3.97. The molecule has 3 fully saturated rings. The number of sulfonamides is 1. The molecule has 11 nitrogen and oxygen atoms in total. The molecule has 1 atom stereocenters. The maximum atomic E-state index is 12.7. The molecule has 6 rings (SSSR count). The van der Waals surface area contributed by atoms with Gasteiger partial charge in [-0.3, -0.25) is 19.4 Å². The van der Waals surface area contributed by atoms with Crippen LogP contribution < -0.4 is 20.3 Å². The van der Waals surface area contributed by atoms with Gasteiger partial charge in [0, 0.05) is 51.0 Å². The number of carbonyl (C=O) groups is 1. The van der Waals surface area contributed by atoms with Crippen LogP contribution in [0.3, 0.4) is 0 Å². The molecule has 0 radical (unpaired) electrons. The number of thioether (sulfide) groups is 1. The zero-order chi connectivity index (χ0) is 34.4. The van der Waals surface area contributed by atoms with Gasteiger partial charge in [0.15, 0.2) is 5.17 Å². The maximum Gasteiger partial charge on any atom is 0.264 e. The van der Waals surface area contributed by atoms with Crippen molar-refractivity contribution in [2.45, 2.75) is 50.4 Å². The number of piperidine rings is 2. The molecular weight excluding hydrogens is 661 g/mol. The first kappa shape index (κ1) is 35.0. The molecule has 3 aliphatic rings. The highest BCUT2D eigenvalue weighted by Crippen LogP contribution is 2.30. The van der Waals surface area contributed by atoms with Crippen molar-refractivity contribution in [3.8, 4) is 5.75 Å². The summed E-state index contributed by atoms with van der Waals surface area (Å²) >= 11 is 1.41. The third-order valence-corrected chi connectivity index (χ3v) is 10.6. The average Bonchev–Trinajstić information content (AvgIpc) is 3.43. The van der Waals surface area contributed by atoms with E-state index in [1.165, 1.54) is 29.5 Å². The van der Waals surface area contributed by atoms with E-state index in [1.54, 1.807) is 6.07 Å². The van der Waals surface area contributed by atoms with Gasteiger partial charge in [0.25, 0.3) is 5.91 Å². The molecule has 49 heavy (non-hydrogen) atoms. The number of rotatable bonds is 11. The Morgan fingerprint density at radius 3 is 2.41 bits per heavy atom. The molecule has 0 aliphatic carbocycles. The third-order valence-electron chi connectivity index (χ3n) is 9.11. The topological polar surface area (TPSA) is 147 Å². The van der Waals surface area contributed by atoms with Gasteiger partial charge < -0.3 is 25.7 Å². The maximum absolute atomic E-state index is 12.7. The molecule has 1 amide bonds. The number of amides is 1. The number of benzene rings is 3. The second kappa shape index (κ2) is 15.8. The van der Waals surface area contributed by atoms with Gasteiger partial charge in [-0.05, 0) is 84.5 Å². The number of phenols is 1. The standard InChI is InChI=1S/C36H44N6O5S2/c1-49(46,47)40-31-22-27(9-12-32(31)43)33(44)23-37-28-15-19-42(20-16-28)30-10-7-25(8-11-30)21-34-35(45)39-36(48-34)38-29-13-17-41(18-14-29)24-26-5-3-2-4-6-26/h2-12,21-22,28-29,33,37,40,43-44H,13-20,23-24H2,1H3,(H,38,39,45)/b34-21-/t33-/m0/s1. The first-order valence-corrected chi connectivity index (χ1v) is 19.4. The fourth-order valence-corrected chi connectivity index (χ4v) is 7.87. The highest BCUT2D eigenvalue weighted by atomic mass is 32.2. The molecule has 0 spiro atoms. The van der Waals surface area contributed by atoms with Gasteiger partial charge in [0.1, 0.15) is 5.75 Å². The number of likely N-dealkylation sites (tertiary alicyclic amines) is 1. The average molecular weight is 705 g/mol. The highest BCUT2D eigenvalue weighted by Gasteiger charge is 2.27. The lowest BCUT2D eigenvalue weighted by atomic mass is 10.0. The van der Waals surface area contributed by atoms with Crippen LogP contribution in [-0.4, -0.2) is 85.7 Å². The molecule has 0 saturated carbocycles. The number of aromatic hydroxyl groups is 1. The van der Waals surface area contributed by atoms with Crippen LogP contribution >= 0.6 is 11.8 Å². The van der Waals surface area contributed by atoms with Crippen LogP contribution in [0.4, 0.5) is 11.4 Å². The Kier molecular flexibility index (Phi) is 11.3. The number of aliphatic imine (C=N–C) groups is 1. The van der Waals surface area contributed by atoms with E-state index < -0.39 is 16.1 Å². The number of aliphatic hydroxyl groups excluding tert-OH is 1. The minimum atomic E-state index is -3.56. The van der Waals surface area contributed by atoms with Gasteiger partial charge in [-0.1, -0.05) is 48.5 Å². The number of anilines is 2. The largest absolute Gasteiger partial charge is 0.506 e. The number of carbonyl (C=O) groups excluding carboxylic acids is 1. The Balaban J connectivity index is 0.946. The summed E-state index contributed by atoms with van der Waals surface area (Å²) in [5, 5.41) is 27.7. The third kappa shape index (κ3) is 9.86. The van der Waals surface area contributed by atoms with Gasteiger partial charge in [-0.2, -0.15) is 0 Å². The molecule has 5 N–H and O–H groups in total. The number of aliphatic hydroxyl groups is 1. The van der Waals surface area contributed by atoms with Crippen molar-refractivity contribution in [3.05, 3.63) is 94.4 Å². The second-order valence-corrected chi connectivity index (χ2v) is 15.7. The van der Waals surface area contributed by atoms with E-state index >= 15 is 0 Å². The van der Waals surface area contributed by atoms with E-state index in [2.05, 4.69) is 61.6 Å². The van der Waals surface area contributed by atoms with Crippen LogP contribution in [0.25, 0.3) is 6.08 Å². The van der Waals surface area contributed by atoms with Crippen LogP contribution in [0, 0.1) is 0 Å². The van der Waals surface area contributed by atoms with Crippen LogP contribution in [0.2, 0.25) is 0 Å². The molecule has 3 aromatic rings. The summed E-state index contributed by atoms with van der Waals surface area (Å²) in [4.78, 5) is 23.1. The summed E-state index contributed by atoms with van der Waals surface area (Å²) in [7, 11) is -3.56. The highest BCUT2D eigenvalue weighted by molar-refractivity contribution is 8.18. The number of hydrogen-bond donors (Lipinski definition) is 5. The Morgan fingerprint density at radius 1 is 1.00 bits per heavy atom. The van der Waals surface area contributed by atoms with Crippen molar-refractivity contribution in [2.24, 2.45) is 4.99 Å². The molecule has 3 heterocycles. The molecule has 0 unspecified atom stereocenters. The molecule has 3 aromatic carbocycles. The molecule has 3 saturated heterocycles. The zero-order valence-corrected chi connectivity index (χ0v) is 29.2. The van der Waals surface area contributed by atoms with Crippen LogP contribution in [0.1, 0.15) is 48.5 Å². The van der Waals surface area contributed by atoms with Gasteiger partial charge >= 0.3 is 0 Å². The Hall–Kier alpha value is -3.88. The van der Waals surface area contributed by atoms with E-state index in [0.29, 0.717) is 22.2 Å². The number of amidine groups is 1. The first-order valence-electron chi connectivity index (χ1n) is 16.7. The minimum Gasteiger partial charge on any atom is -0.506 e. The summed E-state index contributed by atoms with van der Waals surface area (Å²) < 4.78 is 25.4. The van der Waals surface area contributed by atoms with E-state index in [1.807, 2.05) is 24.3 Å².